The molecule has 1 aliphatic rings. The van der Waals surface area contributed by atoms with E-state index < -0.39 is 0 Å². The lowest BCUT2D eigenvalue weighted by Gasteiger charge is -2.13. The van der Waals surface area contributed by atoms with Crippen LogP contribution >= 0.6 is 15.9 Å². The molecular weight excluding hydrogens is 470 g/mol. The van der Waals surface area contributed by atoms with Gasteiger partial charge in [-0.3, -0.25) is 4.99 Å². The van der Waals surface area contributed by atoms with Gasteiger partial charge in [-0.05, 0) is 48.7 Å². The van der Waals surface area contributed by atoms with Gasteiger partial charge in [0.1, 0.15) is 0 Å². The maximum absolute atomic E-state index is 4.98. The number of aryl methyl sites for hydroxylation is 1. The van der Waals surface area contributed by atoms with Crippen molar-refractivity contribution in [3.8, 4) is 22.5 Å². The van der Waals surface area contributed by atoms with E-state index in [4.69, 9.17) is 9.97 Å². The summed E-state index contributed by atoms with van der Waals surface area (Å²) in [4.78, 5) is 14.4. The van der Waals surface area contributed by atoms with Crippen LogP contribution < -0.4 is 0 Å². The maximum Gasteiger partial charge on any atom is 0.0968 e. The normalized spacial score (nSPS) is 12.3. The van der Waals surface area contributed by atoms with Gasteiger partial charge in [0.25, 0.3) is 0 Å². The van der Waals surface area contributed by atoms with E-state index in [-0.39, 0.29) is 0 Å². The Morgan fingerprint density at radius 1 is 0.697 bits per heavy atom. The Bertz CT molecular complexity index is 1490. The third kappa shape index (κ3) is 4.19. The molecule has 162 valence electrons. The topological polar surface area (TPSA) is 38.1 Å². The molecule has 0 fully saturated rings. The molecule has 0 unspecified atom stereocenters. The lowest BCUT2D eigenvalue weighted by molar-refractivity contribution is 1.03. The summed E-state index contributed by atoms with van der Waals surface area (Å²) in [6.07, 6.45) is 4.03. The first-order chi connectivity index (χ1) is 16.2. The Morgan fingerprint density at radius 3 is 2.12 bits per heavy atom. The van der Waals surface area contributed by atoms with Crippen molar-refractivity contribution in [2.45, 2.75) is 26.7 Å². The Kier molecular flexibility index (Phi) is 6.01. The molecule has 6 rings (SSSR count). The summed E-state index contributed by atoms with van der Waals surface area (Å²) in [5.41, 5.74) is 8.40. The molecule has 3 heterocycles. The minimum Gasteiger partial charge on any atom is -0.259 e. The SMILES string of the molecule is Brc1ccc2nc(-c3ccc(-c4ccc5ccc6c(c5n4)N=CCC6)cc3)ccc2c1.CC. The smallest absolute Gasteiger partial charge is 0.0968 e. The zero-order valence-electron chi connectivity index (χ0n) is 18.7. The van der Waals surface area contributed by atoms with Crippen LogP contribution in [0, 0.1) is 0 Å². The van der Waals surface area contributed by atoms with Crippen LogP contribution in [0.5, 0.6) is 0 Å². The third-order valence-corrected chi connectivity index (χ3v) is 6.30. The van der Waals surface area contributed by atoms with Crippen molar-refractivity contribution in [1.29, 1.82) is 0 Å². The van der Waals surface area contributed by atoms with Crippen molar-refractivity contribution in [2.24, 2.45) is 4.99 Å². The van der Waals surface area contributed by atoms with Gasteiger partial charge < -0.3 is 0 Å². The van der Waals surface area contributed by atoms with Crippen LogP contribution in [0.1, 0.15) is 25.8 Å². The number of fused-ring (bicyclic) bond motifs is 4. The Hall–Kier alpha value is -3.37. The van der Waals surface area contributed by atoms with Gasteiger partial charge in [0.2, 0.25) is 0 Å². The van der Waals surface area contributed by atoms with Crippen LogP contribution in [-0.2, 0) is 6.42 Å². The molecule has 5 aromatic rings. The number of nitrogens with zero attached hydrogens (tertiary/aromatic N) is 3. The molecule has 0 aliphatic carbocycles. The maximum atomic E-state index is 4.98. The first-order valence-corrected chi connectivity index (χ1v) is 12.2. The number of aliphatic imine (C=N–C) groups is 1. The molecule has 0 saturated carbocycles. The molecule has 4 heteroatoms. The quantitative estimate of drug-likeness (QED) is 0.247. The lowest BCUT2D eigenvalue weighted by Crippen LogP contribution is -1.96. The van der Waals surface area contributed by atoms with Gasteiger partial charge >= 0.3 is 0 Å². The van der Waals surface area contributed by atoms with E-state index in [9.17, 15) is 0 Å². The zero-order chi connectivity index (χ0) is 22.8. The fourth-order valence-corrected chi connectivity index (χ4v) is 4.55. The summed E-state index contributed by atoms with van der Waals surface area (Å²) in [6, 6.07) is 27.4. The predicted molar refractivity (Wildman–Crippen MR) is 143 cm³/mol. The van der Waals surface area contributed by atoms with Crippen LogP contribution in [0.4, 0.5) is 5.69 Å². The number of hydrogen-bond donors (Lipinski definition) is 0. The highest BCUT2D eigenvalue weighted by Crippen LogP contribution is 2.34. The van der Waals surface area contributed by atoms with Gasteiger partial charge in [-0.15, -0.1) is 0 Å². The summed E-state index contributed by atoms with van der Waals surface area (Å²) in [5, 5.41) is 2.26. The van der Waals surface area contributed by atoms with Gasteiger partial charge in [-0.1, -0.05) is 78.3 Å². The van der Waals surface area contributed by atoms with E-state index >= 15 is 0 Å². The van der Waals surface area contributed by atoms with E-state index in [1.165, 1.54) is 5.56 Å². The second kappa shape index (κ2) is 9.24. The van der Waals surface area contributed by atoms with Crippen LogP contribution in [-0.4, -0.2) is 16.2 Å². The van der Waals surface area contributed by atoms with Crippen LogP contribution in [0.15, 0.2) is 88.3 Å². The van der Waals surface area contributed by atoms with E-state index in [0.29, 0.717) is 0 Å². The Balaban J connectivity index is 0.00000111. The minimum absolute atomic E-state index is 0.963. The van der Waals surface area contributed by atoms with Crippen molar-refractivity contribution in [1.82, 2.24) is 9.97 Å². The predicted octanol–water partition coefficient (Wildman–Crippen LogP) is 8.55. The summed E-state index contributed by atoms with van der Waals surface area (Å²) < 4.78 is 1.06. The molecule has 0 radical (unpaired) electrons. The van der Waals surface area contributed by atoms with Crippen molar-refractivity contribution >= 4 is 49.6 Å². The van der Waals surface area contributed by atoms with Gasteiger partial charge in [-0.25, -0.2) is 9.97 Å². The molecule has 0 amide bonds. The molecule has 33 heavy (non-hydrogen) atoms. The van der Waals surface area contributed by atoms with Gasteiger partial charge in [-0.2, -0.15) is 0 Å². The van der Waals surface area contributed by atoms with E-state index in [2.05, 4.69) is 87.7 Å². The second-order valence-electron chi connectivity index (χ2n) is 7.80. The van der Waals surface area contributed by atoms with Crippen molar-refractivity contribution in [3.63, 3.8) is 0 Å². The number of benzene rings is 3. The van der Waals surface area contributed by atoms with Crippen LogP contribution in [0.2, 0.25) is 0 Å². The number of pyridine rings is 2. The van der Waals surface area contributed by atoms with E-state index in [1.54, 1.807) is 0 Å². The molecule has 3 aromatic carbocycles. The van der Waals surface area contributed by atoms with Crippen molar-refractivity contribution < 1.29 is 0 Å². The van der Waals surface area contributed by atoms with Gasteiger partial charge in [0.15, 0.2) is 0 Å². The lowest BCUT2D eigenvalue weighted by atomic mass is 10.0. The summed E-state index contributed by atoms with van der Waals surface area (Å²) in [5.74, 6) is 0. The molecule has 1 aliphatic heterocycles. The fraction of sp³-hybridized carbons (Fsp3) is 0.138. The van der Waals surface area contributed by atoms with E-state index in [1.807, 2.05) is 32.2 Å². The molecule has 0 atom stereocenters. The molecule has 0 spiro atoms. The number of hydrogen-bond acceptors (Lipinski definition) is 3. The minimum atomic E-state index is 0.963. The number of aromatic nitrogens is 2. The highest BCUT2D eigenvalue weighted by molar-refractivity contribution is 9.10. The first-order valence-electron chi connectivity index (χ1n) is 11.4. The van der Waals surface area contributed by atoms with Crippen LogP contribution in [0.3, 0.4) is 0 Å². The first kappa shape index (κ1) is 21.5. The molecule has 0 N–H and O–H groups in total. The monoisotopic (exact) mass is 493 g/mol. The molecular formula is C29H24BrN3. The van der Waals surface area contributed by atoms with Gasteiger partial charge in [0, 0.05) is 32.6 Å². The summed E-state index contributed by atoms with van der Waals surface area (Å²) >= 11 is 3.52. The second-order valence-corrected chi connectivity index (χ2v) is 8.72. The summed E-state index contributed by atoms with van der Waals surface area (Å²) in [6.45, 7) is 4.00. The molecule has 2 aromatic heterocycles. The summed E-state index contributed by atoms with van der Waals surface area (Å²) in [7, 11) is 0. The van der Waals surface area contributed by atoms with Crippen LogP contribution in [0.25, 0.3) is 44.3 Å². The van der Waals surface area contributed by atoms with E-state index in [0.717, 1.165) is 67.3 Å². The van der Waals surface area contributed by atoms with Crippen molar-refractivity contribution in [2.75, 3.05) is 0 Å². The average Bonchev–Trinajstić information content (AvgIpc) is 2.89. The fourth-order valence-electron chi connectivity index (χ4n) is 4.17. The largest absolute Gasteiger partial charge is 0.259 e. The number of halogens is 1. The molecule has 3 nitrogen and oxygen atoms in total. The Labute approximate surface area is 202 Å². The zero-order valence-corrected chi connectivity index (χ0v) is 20.3. The number of rotatable bonds is 2. The average molecular weight is 494 g/mol. The molecule has 0 saturated heterocycles. The van der Waals surface area contributed by atoms with Crippen molar-refractivity contribution in [3.05, 3.63) is 88.9 Å². The van der Waals surface area contributed by atoms with Gasteiger partial charge in [0.05, 0.1) is 28.1 Å². The molecule has 0 bridgehead atoms. The highest BCUT2D eigenvalue weighted by Gasteiger charge is 2.12. The Morgan fingerprint density at radius 2 is 1.36 bits per heavy atom. The standard InChI is InChI=1S/C27H18BrN3.C2H6/c28-22-11-14-25-21(16-22)10-13-23(30-25)17-3-5-18(6-4-17)24-12-9-20-8-7-19-2-1-15-29-26(19)27(20)31-24;1-2/h3-16H,1-2H2;1-2H3. The third-order valence-electron chi connectivity index (χ3n) is 5.81. The highest BCUT2D eigenvalue weighted by atomic mass is 79.9.